The van der Waals surface area contributed by atoms with Crippen molar-refractivity contribution in [3.05, 3.63) is 83.9 Å². The molecule has 0 bridgehead atoms. The molecule has 0 radical (unpaired) electrons. The Kier molecular flexibility index (Phi) is 5.54. The number of carbonyl (C=O) groups is 1. The lowest BCUT2D eigenvalue weighted by Crippen LogP contribution is -2.26. The van der Waals surface area contributed by atoms with E-state index in [1.165, 1.54) is 11.6 Å². The number of phenols is 1. The molecular formula is C22H21NO3. The Hall–Kier alpha value is -3.27. The standard InChI is InChI=1S/C22H21NO3/c1-26-19-10-7-17(8-11-19)20-12-9-18(24)15-21(20)22(25)23-14-13-16-5-3-2-4-6-16/h2-12,15,24H,13-14H2,1H3,(H,23,25). The van der Waals surface area contributed by atoms with Gasteiger partial charge in [-0.15, -0.1) is 0 Å². The van der Waals surface area contributed by atoms with Crippen molar-refractivity contribution >= 4 is 5.91 Å². The minimum atomic E-state index is -0.206. The van der Waals surface area contributed by atoms with Crippen molar-refractivity contribution in [1.29, 1.82) is 0 Å². The summed E-state index contributed by atoms with van der Waals surface area (Å²) in [7, 11) is 1.61. The zero-order chi connectivity index (χ0) is 18.4. The maximum atomic E-state index is 12.7. The van der Waals surface area contributed by atoms with Gasteiger partial charge in [-0.25, -0.2) is 0 Å². The van der Waals surface area contributed by atoms with Crippen LogP contribution in [0, 0.1) is 0 Å². The second-order valence-electron chi connectivity index (χ2n) is 5.95. The molecule has 2 N–H and O–H groups in total. The van der Waals surface area contributed by atoms with Gasteiger partial charge >= 0.3 is 0 Å². The number of ether oxygens (including phenoxy) is 1. The van der Waals surface area contributed by atoms with Crippen LogP contribution < -0.4 is 10.1 Å². The van der Waals surface area contributed by atoms with Crippen LogP contribution in [0.4, 0.5) is 0 Å². The van der Waals surface area contributed by atoms with E-state index in [-0.39, 0.29) is 11.7 Å². The smallest absolute Gasteiger partial charge is 0.252 e. The summed E-state index contributed by atoms with van der Waals surface area (Å²) in [5.41, 5.74) is 3.27. The van der Waals surface area contributed by atoms with Crippen LogP contribution in [0.15, 0.2) is 72.8 Å². The molecule has 26 heavy (non-hydrogen) atoms. The fraction of sp³-hybridized carbons (Fsp3) is 0.136. The van der Waals surface area contributed by atoms with E-state index in [2.05, 4.69) is 5.32 Å². The maximum Gasteiger partial charge on any atom is 0.252 e. The summed E-state index contributed by atoms with van der Waals surface area (Å²) in [6.45, 7) is 0.528. The average Bonchev–Trinajstić information content (AvgIpc) is 2.69. The molecule has 0 fully saturated rings. The first-order chi connectivity index (χ1) is 12.7. The Labute approximate surface area is 153 Å². The van der Waals surface area contributed by atoms with E-state index in [0.29, 0.717) is 12.1 Å². The van der Waals surface area contributed by atoms with Crippen LogP contribution in [0.1, 0.15) is 15.9 Å². The van der Waals surface area contributed by atoms with Gasteiger partial charge in [0.1, 0.15) is 11.5 Å². The molecule has 4 heteroatoms. The second-order valence-corrected chi connectivity index (χ2v) is 5.95. The van der Waals surface area contributed by atoms with Gasteiger partial charge in [0.25, 0.3) is 5.91 Å². The van der Waals surface area contributed by atoms with E-state index in [1.807, 2.05) is 54.6 Å². The van der Waals surface area contributed by atoms with E-state index in [0.717, 1.165) is 23.3 Å². The number of carbonyl (C=O) groups excluding carboxylic acids is 1. The molecule has 0 aliphatic rings. The minimum Gasteiger partial charge on any atom is -0.508 e. The zero-order valence-corrected chi connectivity index (χ0v) is 14.6. The topological polar surface area (TPSA) is 58.6 Å². The van der Waals surface area contributed by atoms with Crippen molar-refractivity contribution in [2.75, 3.05) is 13.7 Å². The first-order valence-corrected chi connectivity index (χ1v) is 8.47. The largest absolute Gasteiger partial charge is 0.508 e. The molecule has 4 nitrogen and oxygen atoms in total. The summed E-state index contributed by atoms with van der Waals surface area (Å²) in [4.78, 5) is 12.7. The van der Waals surface area contributed by atoms with Crippen molar-refractivity contribution in [3.8, 4) is 22.6 Å². The average molecular weight is 347 g/mol. The first-order valence-electron chi connectivity index (χ1n) is 8.47. The number of amides is 1. The Morgan fingerprint density at radius 2 is 1.73 bits per heavy atom. The van der Waals surface area contributed by atoms with E-state index < -0.39 is 0 Å². The van der Waals surface area contributed by atoms with E-state index >= 15 is 0 Å². The summed E-state index contributed by atoms with van der Waals surface area (Å²) in [5, 5.41) is 12.8. The fourth-order valence-corrected chi connectivity index (χ4v) is 2.80. The first kappa shape index (κ1) is 17.5. The predicted octanol–water partition coefficient (Wildman–Crippen LogP) is 4.04. The Morgan fingerprint density at radius 3 is 2.42 bits per heavy atom. The highest BCUT2D eigenvalue weighted by molar-refractivity contribution is 6.01. The van der Waals surface area contributed by atoms with Gasteiger partial charge in [0.05, 0.1) is 12.7 Å². The number of nitrogens with one attached hydrogen (secondary N) is 1. The summed E-state index contributed by atoms with van der Waals surface area (Å²) >= 11 is 0. The van der Waals surface area contributed by atoms with E-state index in [4.69, 9.17) is 4.74 Å². The van der Waals surface area contributed by atoms with E-state index in [1.54, 1.807) is 19.2 Å². The van der Waals surface area contributed by atoms with Crippen molar-refractivity contribution < 1.29 is 14.6 Å². The number of rotatable bonds is 6. The predicted molar refractivity (Wildman–Crippen MR) is 103 cm³/mol. The molecule has 1 amide bonds. The molecule has 0 aliphatic carbocycles. The molecule has 3 rings (SSSR count). The lowest BCUT2D eigenvalue weighted by molar-refractivity contribution is 0.0954. The summed E-state index contributed by atoms with van der Waals surface area (Å²) < 4.78 is 5.18. The number of hydrogen-bond donors (Lipinski definition) is 2. The number of hydrogen-bond acceptors (Lipinski definition) is 3. The molecule has 3 aromatic carbocycles. The van der Waals surface area contributed by atoms with Gasteiger partial charge < -0.3 is 15.2 Å². The van der Waals surface area contributed by atoms with Gasteiger partial charge in [0, 0.05) is 6.54 Å². The zero-order valence-electron chi connectivity index (χ0n) is 14.6. The quantitative estimate of drug-likeness (QED) is 0.707. The molecular weight excluding hydrogens is 326 g/mol. The Balaban J connectivity index is 1.77. The lowest BCUT2D eigenvalue weighted by Gasteiger charge is -2.12. The van der Waals surface area contributed by atoms with Gasteiger partial charge in [-0.3, -0.25) is 4.79 Å². The third-order valence-electron chi connectivity index (χ3n) is 4.19. The molecule has 0 saturated heterocycles. The molecule has 132 valence electrons. The summed E-state index contributed by atoms with van der Waals surface area (Å²) in [5.74, 6) is 0.611. The molecule has 0 aliphatic heterocycles. The Bertz CT molecular complexity index is 874. The monoisotopic (exact) mass is 347 g/mol. The van der Waals surface area contributed by atoms with E-state index in [9.17, 15) is 9.90 Å². The third kappa shape index (κ3) is 4.22. The van der Waals surface area contributed by atoms with Gasteiger partial charge in [-0.05, 0) is 53.4 Å². The van der Waals surface area contributed by atoms with Crippen LogP contribution in [-0.4, -0.2) is 24.7 Å². The lowest BCUT2D eigenvalue weighted by atomic mass is 9.98. The van der Waals surface area contributed by atoms with Gasteiger partial charge in [-0.2, -0.15) is 0 Å². The van der Waals surface area contributed by atoms with Crippen LogP contribution in [0.5, 0.6) is 11.5 Å². The maximum absolute atomic E-state index is 12.7. The number of phenolic OH excluding ortho intramolecular Hbond substituents is 1. The normalized spacial score (nSPS) is 10.3. The van der Waals surface area contributed by atoms with Crippen LogP contribution >= 0.6 is 0 Å². The van der Waals surface area contributed by atoms with Crippen molar-refractivity contribution in [2.24, 2.45) is 0 Å². The van der Waals surface area contributed by atoms with Gasteiger partial charge in [0.15, 0.2) is 0 Å². The number of methoxy groups -OCH3 is 1. The fourth-order valence-electron chi connectivity index (χ4n) is 2.80. The SMILES string of the molecule is COc1ccc(-c2ccc(O)cc2C(=O)NCCc2ccccc2)cc1. The van der Waals surface area contributed by atoms with Gasteiger partial charge in [-0.1, -0.05) is 42.5 Å². The molecule has 0 atom stereocenters. The summed E-state index contributed by atoms with van der Waals surface area (Å²) in [6.07, 6.45) is 0.753. The second kappa shape index (κ2) is 8.21. The van der Waals surface area contributed by atoms with Crippen molar-refractivity contribution in [3.63, 3.8) is 0 Å². The molecule has 0 unspecified atom stereocenters. The molecule has 0 saturated carbocycles. The molecule has 0 spiro atoms. The minimum absolute atomic E-state index is 0.0653. The highest BCUT2D eigenvalue weighted by Gasteiger charge is 2.14. The van der Waals surface area contributed by atoms with Crippen molar-refractivity contribution in [2.45, 2.75) is 6.42 Å². The molecule has 0 aromatic heterocycles. The number of aromatic hydroxyl groups is 1. The molecule has 0 heterocycles. The van der Waals surface area contributed by atoms with Gasteiger partial charge in [0.2, 0.25) is 0 Å². The van der Waals surface area contributed by atoms with Crippen LogP contribution in [0.25, 0.3) is 11.1 Å². The number of benzene rings is 3. The Morgan fingerprint density at radius 1 is 1.00 bits per heavy atom. The van der Waals surface area contributed by atoms with Crippen LogP contribution in [0.2, 0.25) is 0 Å². The van der Waals surface area contributed by atoms with Crippen LogP contribution in [-0.2, 0) is 6.42 Å². The van der Waals surface area contributed by atoms with Crippen molar-refractivity contribution in [1.82, 2.24) is 5.32 Å². The third-order valence-corrected chi connectivity index (χ3v) is 4.19. The molecule has 3 aromatic rings. The summed E-state index contributed by atoms with van der Waals surface area (Å²) in [6, 6.07) is 22.3. The highest BCUT2D eigenvalue weighted by Crippen LogP contribution is 2.28. The van der Waals surface area contributed by atoms with Crippen LogP contribution in [0.3, 0.4) is 0 Å². The highest BCUT2D eigenvalue weighted by atomic mass is 16.5.